The number of aliphatic hydroxyl groups is 1. The van der Waals surface area contributed by atoms with Crippen molar-refractivity contribution in [1.82, 2.24) is 29.9 Å². The van der Waals surface area contributed by atoms with Gasteiger partial charge >= 0.3 is 12.1 Å². The molecule has 380 valence electrons. The van der Waals surface area contributed by atoms with Gasteiger partial charge in [0, 0.05) is 73.2 Å². The first-order valence-corrected chi connectivity index (χ1v) is 23.5. The summed E-state index contributed by atoms with van der Waals surface area (Å²) in [5, 5.41) is 40.7. The second-order valence-corrected chi connectivity index (χ2v) is 18.2. The summed E-state index contributed by atoms with van der Waals surface area (Å²) in [7, 11) is 0. The van der Waals surface area contributed by atoms with Crippen LogP contribution in [0, 0.1) is 11.8 Å². The van der Waals surface area contributed by atoms with E-state index in [1.807, 2.05) is 32.9 Å². The lowest BCUT2D eigenvalue weighted by atomic mass is 9.98. The summed E-state index contributed by atoms with van der Waals surface area (Å²) in [6, 6.07) is 19.4. The number of aryl methyl sites for hydroxylation is 1. The Morgan fingerprint density at radius 1 is 0.690 bits per heavy atom. The van der Waals surface area contributed by atoms with E-state index in [1.54, 1.807) is 77.9 Å². The first kappa shape index (κ1) is 54.9. The molecule has 0 radical (unpaired) electrons. The molecule has 6 aromatic rings. The summed E-state index contributed by atoms with van der Waals surface area (Å²) in [5.41, 5.74) is 3.62. The van der Waals surface area contributed by atoms with Crippen molar-refractivity contribution in [2.24, 2.45) is 11.8 Å². The van der Waals surface area contributed by atoms with Crippen LogP contribution >= 0.6 is 13.5 Å². The molecule has 4 atom stereocenters. The number of aliphatic hydroxyl groups excluding tert-OH is 1. The number of carbonyl (C=O) groups is 4. The molecule has 0 aliphatic carbocycles. The Morgan fingerprint density at radius 3 is 1.62 bits per heavy atom. The van der Waals surface area contributed by atoms with Crippen molar-refractivity contribution in [3.8, 4) is 0 Å². The molecule has 20 heteroatoms. The third-order valence-corrected chi connectivity index (χ3v) is 12.7. The number of nitrogens with zero attached hydrogens (tertiary/aromatic N) is 7. The number of aromatic nitrogens is 5. The molecule has 1 fully saturated rings. The molecule has 3 aromatic heterocycles. The van der Waals surface area contributed by atoms with E-state index in [0.717, 1.165) is 16.8 Å². The van der Waals surface area contributed by atoms with Crippen molar-refractivity contribution < 1.29 is 43.0 Å². The predicted molar refractivity (Wildman–Crippen MR) is 273 cm³/mol. The minimum Gasteiger partial charge on any atom is -0.477 e. The molecule has 4 N–H and O–H groups in total. The maximum absolute atomic E-state index is 12.8. The van der Waals surface area contributed by atoms with Gasteiger partial charge in [-0.05, 0) is 86.2 Å². The number of piperazine rings is 1. The van der Waals surface area contributed by atoms with Gasteiger partial charge in [0.15, 0.2) is 0 Å². The predicted octanol–water partition coefficient (Wildman–Crippen LogP) is 8.24. The zero-order chi connectivity index (χ0) is 50.8. The van der Waals surface area contributed by atoms with E-state index >= 15 is 0 Å². The molecule has 0 saturated carbocycles. The summed E-state index contributed by atoms with van der Waals surface area (Å²) in [6.45, 7) is 20.3. The van der Waals surface area contributed by atoms with Crippen LogP contribution in [0.3, 0.4) is 0 Å². The van der Waals surface area contributed by atoms with Crippen molar-refractivity contribution in [1.29, 1.82) is 0 Å². The number of carboxylic acid groups (broad SMARTS) is 1. The number of aromatic carboxylic acids is 1. The van der Waals surface area contributed by atoms with Crippen LogP contribution in [0.2, 0.25) is 0 Å². The van der Waals surface area contributed by atoms with Gasteiger partial charge in [0.1, 0.15) is 24.0 Å². The number of benzene rings is 3. The van der Waals surface area contributed by atoms with Crippen molar-refractivity contribution in [3.05, 3.63) is 123 Å². The van der Waals surface area contributed by atoms with Gasteiger partial charge in [-0.2, -0.15) is 13.5 Å². The van der Waals surface area contributed by atoms with Gasteiger partial charge in [0.2, 0.25) is 40.8 Å². The van der Waals surface area contributed by atoms with Crippen LogP contribution < -0.4 is 21.0 Å². The SMILES string of the molecule is CC(C(=O)Nc1ccc(CO)cc1)c1nnc([C@@H](C)C(C)C)o1.CCn1cc(C(=O)O)c(=O)c2ccc(N3CCN(C(=O)OCc4ccc(NC(=O)C(C)c5nnc([C@@H](C)C(C)C)o5)cc4)CC3)cc21.S. The van der Waals surface area contributed by atoms with Crippen molar-refractivity contribution in [2.75, 3.05) is 41.7 Å². The number of carboxylic acids is 1. The summed E-state index contributed by atoms with van der Waals surface area (Å²) < 4.78 is 18.7. The molecule has 1 aliphatic rings. The first-order chi connectivity index (χ1) is 33.4. The van der Waals surface area contributed by atoms with Crippen molar-refractivity contribution in [3.63, 3.8) is 0 Å². The van der Waals surface area contributed by atoms with E-state index in [0.29, 0.717) is 84.5 Å². The average Bonchev–Trinajstić information content (AvgIpc) is 4.07. The zero-order valence-electron chi connectivity index (χ0n) is 41.6. The molecular formula is C51H65N9O10S. The molecule has 1 saturated heterocycles. The Morgan fingerprint density at radius 2 is 1.17 bits per heavy atom. The van der Waals surface area contributed by atoms with Crippen LogP contribution in [-0.2, 0) is 34.1 Å². The van der Waals surface area contributed by atoms with Gasteiger partial charge in [-0.3, -0.25) is 14.4 Å². The molecular weight excluding hydrogens is 931 g/mol. The first-order valence-electron chi connectivity index (χ1n) is 23.5. The highest BCUT2D eigenvalue weighted by atomic mass is 32.1. The highest BCUT2D eigenvalue weighted by molar-refractivity contribution is 7.59. The molecule has 7 rings (SSSR count). The second-order valence-electron chi connectivity index (χ2n) is 18.2. The number of amides is 3. The summed E-state index contributed by atoms with van der Waals surface area (Å²) in [4.78, 5) is 65.9. The van der Waals surface area contributed by atoms with Gasteiger partial charge in [-0.25, -0.2) is 9.59 Å². The van der Waals surface area contributed by atoms with E-state index in [2.05, 4.69) is 63.6 Å². The van der Waals surface area contributed by atoms with E-state index in [9.17, 15) is 29.1 Å². The minimum atomic E-state index is -1.25. The van der Waals surface area contributed by atoms with Crippen LogP contribution in [0.25, 0.3) is 10.9 Å². The number of nitrogens with one attached hydrogen (secondary N) is 2. The molecule has 2 unspecified atom stereocenters. The Balaban J connectivity index is 0.000000328. The topological polar surface area (TPSA) is 248 Å². The number of rotatable bonds is 16. The standard InChI is InChI=1S/C34H40N6O7.C17H23N3O3.H2S/c1-6-38-18-27(33(43)44)29(41)26-12-11-25(17-28(26)38)39-13-15-40(16-14-39)34(45)46-19-23-7-9-24(10-8-23)35-30(42)22(5)32-37-36-31(47-32)21(4)20(2)3;1-10(2)11(3)16-19-20-17(23-16)12(4)15(22)18-14-7-5-13(9-21)6-8-14;/h7-12,17-18,20-22H,6,13-16,19H2,1-5H3,(H,35,42)(H,43,44);5-8,10-12,21H,9H2,1-4H3,(H,18,22);1H2/t21-,22?;11-,12?;/m00./s1. The van der Waals surface area contributed by atoms with E-state index in [1.165, 1.54) is 6.20 Å². The summed E-state index contributed by atoms with van der Waals surface area (Å²) in [5.74, 6) is -0.263. The number of carbonyl (C=O) groups excluding carboxylic acids is 3. The Labute approximate surface area is 419 Å². The van der Waals surface area contributed by atoms with Gasteiger partial charge in [0.05, 0.1) is 12.1 Å². The fourth-order valence-corrected chi connectivity index (χ4v) is 7.26. The highest BCUT2D eigenvalue weighted by Gasteiger charge is 2.27. The zero-order valence-corrected chi connectivity index (χ0v) is 42.6. The maximum atomic E-state index is 12.8. The van der Waals surface area contributed by atoms with E-state index in [-0.39, 0.29) is 61.8 Å². The normalized spacial score (nSPS) is 14.2. The van der Waals surface area contributed by atoms with Gasteiger partial charge < -0.3 is 48.8 Å². The maximum Gasteiger partial charge on any atom is 0.410 e. The second kappa shape index (κ2) is 24.7. The van der Waals surface area contributed by atoms with Crippen LogP contribution in [0.4, 0.5) is 21.9 Å². The van der Waals surface area contributed by atoms with Crippen molar-refractivity contribution >= 4 is 65.3 Å². The average molecular weight is 996 g/mol. The van der Waals surface area contributed by atoms with Crippen molar-refractivity contribution in [2.45, 2.75) is 106 Å². The molecule has 4 heterocycles. The van der Waals surface area contributed by atoms with Crippen LogP contribution in [-0.4, -0.2) is 90.1 Å². The lowest BCUT2D eigenvalue weighted by molar-refractivity contribution is -0.118. The Hall–Kier alpha value is -7.06. The fraction of sp³-hybridized carbons (Fsp3) is 0.431. The Bertz CT molecular complexity index is 2820. The molecule has 3 aromatic carbocycles. The van der Waals surface area contributed by atoms with Gasteiger partial charge in [-0.1, -0.05) is 65.8 Å². The van der Waals surface area contributed by atoms with E-state index in [4.69, 9.17) is 18.7 Å². The summed E-state index contributed by atoms with van der Waals surface area (Å²) in [6.07, 6.45) is 0.969. The largest absolute Gasteiger partial charge is 0.477 e. The van der Waals surface area contributed by atoms with Gasteiger partial charge in [0.25, 0.3) is 0 Å². The smallest absolute Gasteiger partial charge is 0.410 e. The third kappa shape index (κ3) is 13.6. The third-order valence-electron chi connectivity index (χ3n) is 12.7. The van der Waals surface area contributed by atoms with Crippen LogP contribution in [0.1, 0.15) is 131 Å². The number of hydrogen-bond donors (Lipinski definition) is 4. The van der Waals surface area contributed by atoms with Crippen LogP contribution in [0.5, 0.6) is 0 Å². The molecule has 3 amide bonds. The monoisotopic (exact) mass is 995 g/mol. The molecule has 0 bridgehead atoms. The quantitative estimate of drug-likeness (QED) is 0.0713. The highest BCUT2D eigenvalue weighted by Crippen LogP contribution is 2.28. The van der Waals surface area contributed by atoms with Gasteiger partial charge in [-0.15, -0.1) is 20.4 Å². The number of anilines is 3. The molecule has 0 spiro atoms. The summed E-state index contributed by atoms with van der Waals surface area (Å²) >= 11 is 0. The number of ether oxygens (including phenoxy) is 1. The molecule has 71 heavy (non-hydrogen) atoms. The number of pyridine rings is 1. The van der Waals surface area contributed by atoms with E-state index < -0.39 is 29.3 Å². The minimum absolute atomic E-state index is 0. The van der Waals surface area contributed by atoms with Crippen LogP contribution in [0.15, 0.2) is 86.6 Å². The fourth-order valence-electron chi connectivity index (χ4n) is 7.26. The lowest BCUT2D eigenvalue weighted by Gasteiger charge is -2.35. The molecule has 19 nitrogen and oxygen atoms in total. The Kier molecular flexibility index (Phi) is 19.1. The molecule has 1 aliphatic heterocycles. The number of fused-ring (bicyclic) bond motifs is 1. The lowest BCUT2D eigenvalue weighted by Crippen LogP contribution is -2.49. The number of hydrogen-bond acceptors (Lipinski definition) is 14.